The van der Waals surface area contributed by atoms with Gasteiger partial charge in [-0.05, 0) is 37.3 Å². The molecule has 146 valence electrons. The highest BCUT2D eigenvalue weighted by Crippen LogP contribution is 2.14. The fraction of sp³-hybridized carbons (Fsp3) is 0.200. The highest BCUT2D eigenvalue weighted by molar-refractivity contribution is 5.97. The van der Waals surface area contributed by atoms with E-state index in [2.05, 4.69) is 10.6 Å². The number of ether oxygens (including phenoxy) is 2. The Morgan fingerprint density at radius 3 is 2.36 bits per heavy atom. The van der Waals surface area contributed by atoms with Crippen LogP contribution >= 0.6 is 0 Å². The van der Waals surface area contributed by atoms with E-state index in [-0.39, 0.29) is 11.7 Å². The first-order valence-electron chi connectivity index (χ1n) is 8.40. The summed E-state index contributed by atoms with van der Waals surface area (Å²) in [7, 11) is 1.51. The van der Waals surface area contributed by atoms with E-state index in [1.807, 2.05) is 0 Å². The minimum Gasteiger partial charge on any atom is -0.482 e. The van der Waals surface area contributed by atoms with Gasteiger partial charge in [0.2, 0.25) is 0 Å². The van der Waals surface area contributed by atoms with Crippen LogP contribution in [0.2, 0.25) is 0 Å². The van der Waals surface area contributed by atoms with Crippen molar-refractivity contribution in [3.8, 4) is 5.75 Å². The molecule has 2 aromatic carbocycles. The van der Waals surface area contributed by atoms with Gasteiger partial charge in [-0.1, -0.05) is 18.2 Å². The normalized spacial score (nSPS) is 9.93. The number of carbonyl (C=O) groups is 4. The molecule has 0 saturated carbocycles. The molecular weight excluding hydrogens is 364 g/mol. The molecule has 2 N–H and O–H groups in total. The van der Waals surface area contributed by atoms with Crippen molar-refractivity contribution >= 4 is 29.3 Å². The lowest BCUT2D eigenvalue weighted by molar-refractivity contribution is -0.149. The molecule has 0 aliphatic rings. The fourth-order valence-electron chi connectivity index (χ4n) is 2.21. The summed E-state index contributed by atoms with van der Waals surface area (Å²) in [6.07, 6.45) is 0. The SMILES string of the molecule is CNC(=O)c1cccc(NC(=O)COC(=O)COc2cccc(C(C)=O)c2)c1. The van der Waals surface area contributed by atoms with E-state index >= 15 is 0 Å². The van der Waals surface area contributed by atoms with Gasteiger partial charge in [-0.3, -0.25) is 14.4 Å². The Hall–Kier alpha value is -3.68. The molecule has 0 fully saturated rings. The number of ketones is 1. The van der Waals surface area contributed by atoms with E-state index < -0.39 is 25.1 Å². The van der Waals surface area contributed by atoms with Gasteiger partial charge in [-0.15, -0.1) is 0 Å². The summed E-state index contributed by atoms with van der Waals surface area (Å²) < 4.78 is 10.1. The van der Waals surface area contributed by atoms with Crippen molar-refractivity contribution in [1.29, 1.82) is 0 Å². The monoisotopic (exact) mass is 384 g/mol. The van der Waals surface area contributed by atoms with Crippen molar-refractivity contribution in [1.82, 2.24) is 5.32 Å². The quantitative estimate of drug-likeness (QED) is 0.530. The van der Waals surface area contributed by atoms with E-state index in [9.17, 15) is 19.2 Å². The first-order valence-corrected chi connectivity index (χ1v) is 8.40. The van der Waals surface area contributed by atoms with Crippen molar-refractivity contribution in [2.24, 2.45) is 0 Å². The summed E-state index contributed by atoms with van der Waals surface area (Å²) >= 11 is 0. The van der Waals surface area contributed by atoms with Gasteiger partial charge in [0.15, 0.2) is 19.0 Å². The van der Waals surface area contributed by atoms with E-state index in [0.29, 0.717) is 22.6 Å². The second-order valence-electron chi connectivity index (χ2n) is 5.74. The molecule has 0 bridgehead atoms. The Bertz CT molecular complexity index is 894. The Balaban J connectivity index is 1.79. The number of carbonyl (C=O) groups excluding carboxylic acids is 4. The number of benzene rings is 2. The molecule has 0 radical (unpaired) electrons. The molecule has 0 saturated heterocycles. The summed E-state index contributed by atoms with van der Waals surface area (Å²) in [6.45, 7) is 0.525. The van der Waals surface area contributed by atoms with Crippen LogP contribution in [-0.4, -0.2) is 43.8 Å². The molecular formula is C20H20N2O6. The van der Waals surface area contributed by atoms with Crippen LogP contribution in [-0.2, 0) is 14.3 Å². The largest absolute Gasteiger partial charge is 0.482 e. The molecule has 0 unspecified atom stereocenters. The summed E-state index contributed by atoms with van der Waals surface area (Å²) in [6, 6.07) is 12.7. The number of rotatable bonds is 8. The van der Waals surface area contributed by atoms with Crippen LogP contribution in [0.15, 0.2) is 48.5 Å². The van der Waals surface area contributed by atoms with Crippen molar-refractivity contribution in [3.05, 3.63) is 59.7 Å². The van der Waals surface area contributed by atoms with Gasteiger partial charge < -0.3 is 20.1 Å². The molecule has 0 aromatic heterocycles. The number of hydrogen-bond acceptors (Lipinski definition) is 6. The molecule has 0 atom stereocenters. The van der Waals surface area contributed by atoms with Crippen LogP contribution in [0.3, 0.4) is 0 Å². The molecule has 0 aliphatic heterocycles. The lowest BCUT2D eigenvalue weighted by Gasteiger charge is -2.09. The van der Waals surface area contributed by atoms with Gasteiger partial charge >= 0.3 is 5.97 Å². The van der Waals surface area contributed by atoms with Crippen LogP contribution in [0.1, 0.15) is 27.6 Å². The fourth-order valence-corrected chi connectivity index (χ4v) is 2.21. The van der Waals surface area contributed by atoms with Gasteiger partial charge in [-0.25, -0.2) is 4.79 Å². The minimum atomic E-state index is -0.734. The summed E-state index contributed by atoms with van der Waals surface area (Å²) in [5, 5.41) is 5.02. The maximum absolute atomic E-state index is 11.9. The summed E-state index contributed by atoms with van der Waals surface area (Å²) in [4.78, 5) is 46.5. The van der Waals surface area contributed by atoms with Gasteiger partial charge in [-0.2, -0.15) is 0 Å². The Morgan fingerprint density at radius 2 is 1.64 bits per heavy atom. The van der Waals surface area contributed by atoms with Gasteiger partial charge in [0, 0.05) is 23.9 Å². The number of hydrogen-bond donors (Lipinski definition) is 2. The first-order chi connectivity index (χ1) is 13.4. The predicted molar refractivity (Wildman–Crippen MR) is 101 cm³/mol. The van der Waals surface area contributed by atoms with E-state index in [1.165, 1.54) is 26.1 Å². The maximum Gasteiger partial charge on any atom is 0.344 e. The smallest absolute Gasteiger partial charge is 0.344 e. The van der Waals surface area contributed by atoms with Crippen LogP contribution in [0.5, 0.6) is 5.75 Å². The van der Waals surface area contributed by atoms with Crippen LogP contribution < -0.4 is 15.4 Å². The predicted octanol–water partition coefficient (Wildman–Crippen LogP) is 1.81. The molecule has 2 amide bonds. The number of anilines is 1. The zero-order valence-electron chi connectivity index (χ0n) is 15.5. The van der Waals surface area contributed by atoms with Crippen LogP contribution in [0.25, 0.3) is 0 Å². The standard InChI is InChI=1S/C20H20N2O6/c1-13(23)14-5-4-8-17(10-14)27-12-19(25)28-11-18(24)22-16-7-3-6-15(9-16)20(26)21-2/h3-10H,11-12H2,1-2H3,(H,21,26)(H,22,24). The van der Waals surface area contributed by atoms with Crippen molar-refractivity contribution in [3.63, 3.8) is 0 Å². The Morgan fingerprint density at radius 1 is 0.929 bits per heavy atom. The van der Waals surface area contributed by atoms with Crippen LogP contribution in [0.4, 0.5) is 5.69 Å². The zero-order valence-corrected chi connectivity index (χ0v) is 15.5. The highest BCUT2D eigenvalue weighted by atomic mass is 16.6. The minimum absolute atomic E-state index is 0.120. The maximum atomic E-state index is 11.9. The van der Waals surface area contributed by atoms with E-state index in [4.69, 9.17) is 9.47 Å². The average Bonchev–Trinajstić information content (AvgIpc) is 2.70. The molecule has 0 aliphatic carbocycles. The molecule has 8 nitrogen and oxygen atoms in total. The van der Waals surface area contributed by atoms with Crippen molar-refractivity contribution in [2.75, 3.05) is 25.6 Å². The van der Waals surface area contributed by atoms with Gasteiger partial charge in [0.1, 0.15) is 5.75 Å². The van der Waals surface area contributed by atoms with Crippen molar-refractivity contribution < 1.29 is 28.7 Å². The second-order valence-corrected chi connectivity index (χ2v) is 5.74. The first kappa shape index (κ1) is 20.6. The molecule has 8 heteroatoms. The molecule has 0 heterocycles. The van der Waals surface area contributed by atoms with Crippen LogP contribution in [0, 0.1) is 0 Å². The molecule has 2 rings (SSSR count). The molecule has 0 spiro atoms. The van der Waals surface area contributed by atoms with E-state index in [0.717, 1.165) is 0 Å². The topological polar surface area (TPSA) is 111 Å². The van der Waals surface area contributed by atoms with Crippen molar-refractivity contribution in [2.45, 2.75) is 6.92 Å². The number of amides is 2. The Labute approximate surface area is 161 Å². The number of esters is 1. The second kappa shape index (κ2) is 9.86. The third-order valence-corrected chi connectivity index (χ3v) is 3.60. The van der Waals surface area contributed by atoms with E-state index in [1.54, 1.807) is 36.4 Å². The Kier molecular flexibility index (Phi) is 7.27. The average molecular weight is 384 g/mol. The summed E-state index contributed by atoms with van der Waals surface area (Å²) in [5.74, 6) is -1.35. The van der Waals surface area contributed by atoms with Gasteiger partial charge in [0.25, 0.3) is 11.8 Å². The van der Waals surface area contributed by atoms with Gasteiger partial charge in [0.05, 0.1) is 0 Å². The lowest BCUT2D eigenvalue weighted by Crippen LogP contribution is -2.24. The number of Topliss-reactive ketones (excluding diaryl/α,β-unsaturated/α-hetero) is 1. The third-order valence-electron chi connectivity index (χ3n) is 3.60. The zero-order chi connectivity index (χ0) is 20.5. The molecule has 28 heavy (non-hydrogen) atoms. The summed E-state index contributed by atoms with van der Waals surface area (Å²) in [5.41, 5.74) is 1.25. The molecule has 2 aromatic rings. The lowest BCUT2D eigenvalue weighted by atomic mass is 10.1. The third kappa shape index (κ3) is 6.24. The number of nitrogens with one attached hydrogen (secondary N) is 2. The highest BCUT2D eigenvalue weighted by Gasteiger charge is 2.11.